The van der Waals surface area contributed by atoms with Gasteiger partial charge in [-0.25, -0.2) is 14.8 Å². The van der Waals surface area contributed by atoms with Crippen molar-refractivity contribution >= 4 is 33.5 Å². The predicted molar refractivity (Wildman–Crippen MR) is 98.3 cm³/mol. The lowest BCUT2D eigenvalue weighted by atomic mass is 10.2. The summed E-state index contributed by atoms with van der Waals surface area (Å²) in [7, 11) is 0. The fourth-order valence-corrected chi connectivity index (χ4v) is 2.74. The number of nitrogens with zero attached hydrogens (tertiary/aromatic N) is 3. The molecule has 2 aromatic carbocycles. The number of aromatic nitrogens is 4. The van der Waals surface area contributed by atoms with E-state index < -0.39 is 17.1 Å². The minimum Gasteiger partial charge on any atom is -0.494 e. The summed E-state index contributed by atoms with van der Waals surface area (Å²) >= 11 is 0. The van der Waals surface area contributed by atoms with E-state index in [1.165, 1.54) is 0 Å². The number of aliphatic imine (C=N–C) groups is 1. The molecule has 8 nitrogen and oxygen atoms in total. The fourth-order valence-electron chi connectivity index (χ4n) is 2.74. The standard InChI is InChI=1S/C18H13N5O3/c1-9(15-16(24)22-18(26)23-17(15)25)19-10-6-7-13-14(8-10)21-12-5-3-2-4-11(12)20-13/h2-8H,1H3,(H3,22,23,24,25,26). The van der Waals surface area contributed by atoms with E-state index in [0.29, 0.717) is 11.2 Å². The number of H-pyrrole nitrogens is 2. The molecule has 0 spiro atoms. The monoisotopic (exact) mass is 347 g/mol. The maximum absolute atomic E-state index is 11.9. The van der Waals surface area contributed by atoms with Crippen molar-refractivity contribution in [1.82, 2.24) is 19.9 Å². The quantitative estimate of drug-likeness (QED) is 0.378. The van der Waals surface area contributed by atoms with Gasteiger partial charge in [0.05, 0.1) is 33.5 Å². The van der Waals surface area contributed by atoms with Crippen LogP contribution in [0, 0.1) is 0 Å². The van der Waals surface area contributed by atoms with Crippen LogP contribution in [0.5, 0.6) is 5.88 Å². The minimum atomic E-state index is -0.781. The van der Waals surface area contributed by atoms with Crippen molar-refractivity contribution < 1.29 is 5.11 Å². The average molecular weight is 347 g/mol. The van der Waals surface area contributed by atoms with Gasteiger partial charge >= 0.3 is 5.69 Å². The molecule has 0 unspecified atom stereocenters. The van der Waals surface area contributed by atoms with E-state index in [-0.39, 0.29) is 11.3 Å². The van der Waals surface area contributed by atoms with Gasteiger partial charge in [-0.2, -0.15) is 0 Å². The maximum Gasteiger partial charge on any atom is 0.328 e. The van der Waals surface area contributed by atoms with Crippen molar-refractivity contribution in [3.8, 4) is 5.88 Å². The molecule has 26 heavy (non-hydrogen) atoms. The van der Waals surface area contributed by atoms with Crippen molar-refractivity contribution in [2.75, 3.05) is 0 Å². The minimum absolute atomic E-state index is 0.0886. The van der Waals surface area contributed by atoms with Crippen LogP contribution in [0.2, 0.25) is 0 Å². The fraction of sp³-hybridized carbons (Fsp3) is 0.0556. The molecule has 0 saturated carbocycles. The first kappa shape index (κ1) is 15.7. The van der Waals surface area contributed by atoms with Gasteiger partial charge in [-0.05, 0) is 37.3 Å². The van der Waals surface area contributed by atoms with Crippen molar-refractivity contribution in [1.29, 1.82) is 0 Å². The Morgan fingerprint density at radius 2 is 1.62 bits per heavy atom. The SMILES string of the molecule is CC(=Nc1ccc2nc3ccccc3nc2c1)c1c(O)[nH]c(=O)[nH]c1=O. The first-order valence-corrected chi connectivity index (χ1v) is 7.79. The summed E-state index contributed by atoms with van der Waals surface area (Å²) in [6.07, 6.45) is 0. The molecule has 0 aliphatic carbocycles. The van der Waals surface area contributed by atoms with Crippen LogP contribution in [0.4, 0.5) is 5.69 Å². The molecule has 0 aliphatic heterocycles. The molecule has 8 heteroatoms. The Kier molecular flexibility index (Phi) is 3.58. The average Bonchev–Trinajstić information content (AvgIpc) is 2.59. The van der Waals surface area contributed by atoms with Crippen molar-refractivity contribution in [2.45, 2.75) is 6.92 Å². The van der Waals surface area contributed by atoms with E-state index in [4.69, 9.17) is 0 Å². The number of fused-ring (bicyclic) bond motifs is 2. The van der Waals surface area contributed by atoms with E-state index in [2.05, 4.69) is 24.9 Å². The number of hydrogen-bond acceptors (Lipinski definition) is 6. The largest absolute Gasteiger partial charge is 0.494 e. The Balaban J connectivity index is 1.84. The third kappa shape index (κ3) is 2.73. The van der Waals surface area contributed by atoms with E-state index in [0.717, 1.165) is 16.6 Å². The van der Waals surface area contributed by atoms with Crippen LogP contribution < -0.4 is 11.2 Å². The number of aromatic hydroxyl groups is 1. The maximum atomic E-state index is 11.9. The molecule has 128 valence electrons. The Bertz CT molecular complexity index is 1300. The first-order valence-electron chi connectivity index (χ1n) is 7.79. The molecule has 0 radical (unpaired) electrons. The van der Waals surface area contributed by atoms with Crippen LogP contribution in [-0.2, 0) is 0 Å². The second kappa shape index (κ2) is 5.92. The van der Waals surface area contributed by atoms with E-state index in [1.807, 2.05) is 24.3 Å². The molecule has 2 heterocycles. The molecular formula is C18H13N5O3. The second-order valence-electron chi connectivity index (χ2n) is 5.71. The molecule has 0 amide bonds. The van der Waals surface area contributed by atoms with Gasteiger partial charge in [0.15, 0.2) is 0 Å². The van der Waals surface area contributed by atoms with Gasteiger partial charge in [0, 0.05) is 0 Å². The van der Waals surface area contributed by atoms with Gasteiger partial charge in [-0.1, -0.05) is 12.1 Å². The summed E-state index contributed by atoms with van der Waals surface area (Å²) in [5, 5.41) is 9.83. The molecule has 0 atom stereocenters. The van der Waals surface area contributed by atoms with Gasteiger partial charge < -0.3 is 5.11 Å². The van der Waals surface area contributed by atoms with Gasteiger partial charge in [0.2, 0.25) is 5.88 Å². The number of benzene rings is 2. The van der Waals surface area contributed by atoms with E-state index >= 15 is 0 Å². The van der Waals surface area contributed by atoms with Crippen molar-refractivity contribution in [3.05, 3.63) is 68.9 Å². The number of hydrogen-bond donors (Lipinski definition) is 3. The molecule has 3 N–H and O–H groups in total. The van der Waals surface area contributed by atoms with Crippen molar-refractivity contribution in [3.63, 3.8) is 0 Å². The molecule has 4 rings (SSSR count). The lowest BCUT2D eigenvalue weighted by molar-refractivity contribution is 0.447. The predicted octanol–water partition coefficient (Wildman–Crippen LogP) is 2.01. The van der Waals surface area contributed by atoms with Crippen LogP contribution in [0.1, 0.15) is 12.5 Å². The Morgan fingerprint density at radius 1 is 0.962 bits per heavy atom. The lowest BCUT2D eigenvalue weighted by Crippen LogP contribution is -2.27. The van der Waals surface area contributed by atoms with Crippen LogP contribution in [0.25, 0.3) is 22.1 Å². The van der Waals surface area contributed by atoms with Crippen LogP contribution >= 0.6 is 0 Å². The number of nitrogens with one attached hydrogen (secondary N) is 2. The Morgan fingerprint density at radius 3 is 2.31 bits per heavy atom. The highest BCUT2D eigenvalue weighted by Crippen LogP contribution is 2.22. The highest BCUT2D eigenvalue weighted by Gasteiger charge is 2.12. The first-order chi connectivity index (χ1) is 12.5. The van der Waals surface area contributed by atoms with Crippen molar-refractivity contribution in [2.24, 2.45) is 4.99 Å². The highest BCUT2D eigenvalue weighted by atomic mass is 16.3. The summed E-state index contributed by atoms with van der Waals surface area (Å²) in [6.45, 7) is 1.57. The summed E-state index contributed by atoms with van der Waals surface area (Å²) < 4.78 is 0. The van der Waals surface area contributed by atoms with E-state index in [1.54, 1.807) is 25.1 Å². The summed E-state index contributed by atoms with van der Waals surface area (Å²) in [5.74, 6) is -0.522. The smallest absolute Gasteiger partial charge is 0.328 e. The molecule has 0 aliphatic rings. The van der Waals surface area contributed by atoms with Gasteiger partial charge in [0.25, 0.3) is 5.56 Å². The molecule has 4 aromatic rings. The van der Waals surface area contributed by atoms with Crippen LogP contribution in [0.15, 0.2) is 57.0 Å². The van der Waals surface area contributed by atoms with Crippen LogP contribution in [-0.4, -0.2) is 30.8 Å². The zero-order valence-corrected chi connectivity index (χ0v) is 13.6. The number of para-hydroxylation sites is 2. The third-order valence-corrected chi connectivity index (χ3v) is 3.90. The third-order valence-electron chi connectivity index (χ3n) is 3.90. The normalized spacial score (nSPS) is 12.0. The summed E-state index contributed by atoms with van der Waals surface area (Å²) in [4.78, 5) is 40.8. The molecule has 0 bridgehead atoms. The van der Waals surface area contributed by atoms with Gasteiger partial charge in [0.1, 0.15) is 5.56 Å². The number of aromatic amines is 2. The Labute approximate surface area is 145 Å². The summed E-state index contributed by atoms with van der Waals surface area (Å²) in [5.41, 5.74) is 2.19. The topological polar surface area (TPSA) is 124 Å². The molecular weight excluding hydrogens is 334 g/mol. The van der Waals surface area contributed by atoms with Gasteiger partial charge in [-0.15, -0.1) is 0 Å². The zero-order chi connectivity index (χ0) is 18.3. The zero-order valence-electron chi connectivity index (χ0n) is 13.6. The second-order valence-corrected chi connectivity index (χ2v) is 5.71. The molecule has 2 aromatic heterocycles. The van der Waals surface area contributed by atoms with Crippen LogP contribution in [0.3, 0.4) is 0 Å². The Hall–Kier alpha value is -3.81. The molecule has 0 saturated heterocycles. The van der Waals surface area contributed by atoms with Gasteiger partial charge in [-0.3, -0.25) is 19.8 Å². The van der Waals surface area contributed by atoms with E-state index in [9.17, 15) is 14.7 Å². The highest BCUT2D eigenvalue weighted by molar-refractivity contribution is 6.02. The lowest BCUT2D eigenvalue weighted by Gasteiger charge is -2.04. The number of rotatable bonds is 2. The summed E-state index contributed by atoms with van der Waals surface area (Å²) in [6, 6.07) is 12.8. The molecule has 0 fully saturated rings.